The molecule has 1 aliphatic carbocycles. The maximum atomic E-state index is 14.3. The molecule has 0 radical (unpaired) electrons. The lowest BCUT2D eigenvalue weighted by Crippen LogP contribution is -2.69. The van der Waals surface area contributed by atoms with E-state index in [1.807, 2.05) is 0 Å². The number of ether oxygens (including phenoxy) is 7. The molecule has 0 aromatic heterocycles. The molecule has 0 amide bonds. The van der Waals surface area contributed by atoms with Crippen molar-refractivity contribution in [1.29, 1.82) is 0 Å². The van der Waals surface area contributed by atoms with Gasteiger partial charge in [-0.3, -0.25) is 23.4 Å². The first-order valence-corrected chi connectivity index (χ1v) is 40.8. The van der Waals surface area contributed by atoms with Gasteiger partial charge < -0.3 is 89.1 Å². The number of unbranched alkanes of at least 4 members (excludes halogenated alkanes) is 41. The molecule has 99 heavy (non-hydrogen) atoms. The summed E-state index contributed by atoms with van der Waals surface area (Å²) in [6.07, 6.45) is 14.4. The van der Waals surface area contributed by atoms with Crippen molar-refractivity contribution >= 4 is 25.7 Å². The highest BCUT2D eigenvalue weighted by Gasteiger charge is 2.58. The van der Waals surface area contributed by atoms with Gasteiger partial charge in [-0.15, -0.1) is 0 Å². The Hall–Kier alpha value is -2.04. The number of rotatable bonds is 62. The lowest BCUT2D eigenvalue weighted by Gasteiger charge is -2.49. The van der Waals surface area contributed by atoms with E-state index < -0.39 is 156 Å². The van der Waals surface area contributed by atoms with Gasteiger partial charge in [0, 0.05) is 19.3 Å². The molecule has 0 spiro atoms. The number of aliphatic hydroxyl groups excluding tert-OH is 10. The summed E-state index contributed by atoms with van der Waals surface area (Å²) in [7, 11) is -5.69. The van der Waals surface area contributed by atoms with Gasteiger partial charge in [0.2, 0.25) is 0 Å². The maximum Gasteiger partial charge on any atom is 0.472 e. The van der Waals surface area contributed by atoms with Crippen LogP contribution in [0, 0.1) is 0 Å². The fourth-order valence-corrected chi connectivity index (χ4v) is 14.2. The number of hydrogen-bond donors (Lipinski definition) is 11. The van der Waals surface area contributed by atoms with Crippen LogP contribution in [0.15, 0.2) is 0 Å². The lowest BCUT2D eigenvalue weighted by atomic mass is 9.84. The number of carbonyl (C=O) groups is 3. The molecule has 0 aromatic rings. The molecule has 18 atom stereocenters. The normalized spacial score (nSPS) is 27.4. The van der Waals surface area contributed by atoms with Crippen LogP contribution in [-0.4, -0.2) is 204 Å². The second-order valence-corrected chi connectivity index (χ2v) is 29.8. The van der Waals surface area contributed by atoms with Crippen LogP contribution >= 0.6 is 7.82 Å². The van der Waals surface area contributed by atoms with Gasteiger partial charge in [0.25, 0.3) is 0 Å². The van der Waals surface area contributed by atoms with Crippen LogP contribution < -0.4 is 0 Å². The third-order valence-electron chi connectivity index (χ3n) is 19.6. The van der Waals surface area contributed by atoms with Crippen LogP contribution in [0.5, 0.6) is 0 Å². The minimum atomic E-state index is -5.69. The highest BCUT2D eigenvalue weighted by molar-refractivity contribution is 7.47. The Morgan fingerprint density at radius 3 is 0.990 bits per heavy atom. The van der Waals surface area contributed by atoms with Crippen molar-refractivity contribution in [3.05, 3.63) is 0 Å². The fourth-order valence-electron chi connectivity index (χ4n) is 13.2. The molecule has 3 rings (SSSR count). The second kappa shape index (κ2) is 56.3. The van der Waals surface area contributed by atoms with Gasteiger partial charge in [0.1, 0.15) is 98.7 Å². The van der Waals surface area contributed by atoms with E-state index in [1.165, 1.54) is 173 Å². The zero-order valence-corrected chi connectivity index (χ0v) is 61.9. The van der Waals surface area contributed by atoms with Crippen LogP contribution in [0.25, 0.3) is 0 Å². The monoisotopic (exact) mass is 1440 g/mol. The molecule has 0 aromatic carbocycles. The highest BCUT2D eigenvalue weighted by Crippen LogP contribution is 2.49. The summed E-state index contributed by atoms with van der Waals surface area (Å²) in [6, 6.07) is 0. The molecule has 11 N–H and O–H groups in total. The molecule has 2 aliphatic heterocycles. The first-order chi connectivity index (χ1) is 47.8. The number of phosphoric ester groups is 1. The Balaban J connectivity index is 1.71. The summed E-state index contributed by atoms with van der Waals surface area (Å²) >= 11 is 0. The van der Waals surface area contributed by atoms with Crippen LogP contribution in [0.4, 0.5) is 0 Å². The first kappa shape index (κ1) is 91.2. The zero-order valence-electron chi connectivity index (χ0n) is 61.1. The summed E-state index contributed by atoms with van der Waals surface area (Å²) in [4.78, 5) is 51.1. The van der Waals surface area contributed by atoms with Gasteiger partial charge in [-0.1, -0.05) is 284 Å². The average molecular weight is 1440 g/mol. The van der Waals surface area contributed by atoms with Crippen LogP contribution in [-0.2, 0) is 61.2 Å². The topological polar surface area (TPSA) is 374 Å². The van der Waals surface area contributed by atoms with Gasteiger partial charge in [-0.05, 0) is 19.3 Å². The predicted octanol–water partition coefficient (Wildman–Crippen LogP) is 11.4. The molecule has 3 fully saturated rings. The third-order valence-corrected chi connectivity index (χ3v) is 20.6. The number of esters is 3. The smallest absolute Gasteiger partial charge is 0.463 e. The number of aliphatic hydroxyl groups is 10. The third kappa shape index (κ3) is 39.2. The molecule has 584 valence electrons. The maximum absolute atomic E-state index is 14.3. The molecule has 0 bridgehead atoms. The first-order valence-electron chi connectivity index (χ1n) is 39.3. The molecule has 25 heteroatoms. The van der Waals surface area contributed by atoms with Crippen molar-refractivity contribution in [1.82, 2.24) is 0 Å². The summed E-state index contributed by atoms with van der Waals surface area (Å²) in [6.45, 7) is 3.49. The Morgan fingerprint density at radius 2 is 0.646 bits per heavy atom. The number of carbonyl (C=O) groups excluding carboxylic acids is 3. The Bertz CT molecular complexity index is 2050. The van der Waals surface area contributed by atoms with E-state index in [2.05, 4.69) is 20.8 Å². The Kier molecular flexibility index (Phi) is 51.9. The van der Waals surface area contributed by atoms with E-state index in [0.29, 0.717) is 19.3 Å². The summed E-state index contributed by atoms with van der Waals surface area (Å²) < 4.78 is 65.1. The predicted molar refractivity (Wildman–Crippen MR) is 375 cm³/mol. The summed E-state index contributed by atoms with van der Waals surface area (Å²) in [5.41, 5.74) is 0. The largest absolute Gasteiger partial charge is 0.472 e. The van der Waals surface area contributed by atoms with E-state index in [9.17, 15) is 74.9 Å². The van der Waals surface area contributed by atoms with Gasteiger partial charge in [-0.25, -0.2) is 4.57 Å². The van der Waals surface area contributed by atoms with E-state index in [-0.39, 0.29) is 19.3 Å². The van der Waals surface area contributed by atoms with Gasteiger partial charge in [0.15, 0.2) is 18.7 Å². The van der Waals surface area contributed by atoms with Crippen molar-refractivity contribution in [2.45, 2.75) is 427 Å². The number of hydrogen-bond acceptors (Lipinski definition) is 23. The molecule has 3 aliphatic rings. The Morgan fingerprint density at radius 1 is 0.354 bits per heavy atom. The van der Waals surface area contributed by atoms with Crippen LogP contribution in [0.1, 0.15) is 323 Å². The van der Waals surface area contributed by atoms with Crippen LogP contribution in [0.2, 0.25) is 0 Å². The average Bonchev–Trinajstić information content (AvgIpc) is 0.762. The molecule has 18 unspecified atom stereocenters. The van der Waals surface area contributed by atoms with Crippen molar-refractivity contribution in [3.63, 3.8) is 0 Å². The van der Waals surface area contributed by atoms with Gasteiger partial charge >= 0.3 is 25.7 Å². The van der Waals surface area contributed by atoms with Crippen LogP contribution in [0.3, 0.4) is 0 Å². The standard InChI is InChI=1S/C74H139O24P/c1-4-7-10-13-16-19-22-25-28-29-32-34-37-40-43-46-49-59(77)91-54-57-62(80)64(82)69(87)74(95-57)97-71-67(85)65(83)66(84)70(96-73-68(86)63(81)61(79)56(51-75)94-73)72(71)98-99(88,89)92-53-55(93-60(78)50-47-44-41-38-35-31-27-24-21-18-15-12-9-6-3)52-90-58(76)48-45-42-39-36-33-30-26-23-20-17-14-11-8-5-2/h55-57,61-75,79-87H,4-54H2,1-3H3,(H,88,89). The zero-order chi connectivity index (χ0) is 72.5. The highest BCUT2D eigenvalue weighted by atomic mass is 31.2. The minimum Gasteiger partial charge on any atom is -0.463 e. The molecular formula is C74H139O24P. The summed E-state index contributed by atoms with van der Waals surface area (Å²) in [5.74, 6) is -1.97. The molecule has 24 nitrogen and oxygen atoms in total. The van der Waals surface area contributed by atoms with E-state index in [0.717, 1.165) is 89.9 Å². The quantitative estimate of drug-likeness (QED) is 0.0117. The van der Waals surface area contributed by atoms with Gasteiger partial charge in [0.05, 0.1) is 13.2 Å². The van der Waals surface area contributed by atoms with Gasteiger partial charge in [-0.2, -0.15) is 0 Å². The van der Waals surface area contributed by atoms with E-state index in [4.69, 9.17) is 42.2 Å². The lowest BCUT2D eigenvalue weighted by molar-refractivity contribution is -0.360. The number of phosphoric acid groups is 1. The van der Waals surface area contributed by atoms with Crippen molar-refractivity contribution in [2.75, 3.05) is 26.4 Å². The second-order valence-electron chi connectivity index (χ2n) is 28.4. The van der Waals surface area contributed by atoms with E-state index >= 15 is 0 Å². The SMILES string of the molecule is CCCCCCCCCCCCCCCCCCC(=O)OCC1OC(OC2C(O)C(O)C(O)C(OC3OC(CO)C(O)C(O)C3O)C2OP(=O)(O)OCC(COC(=O)CCCCCCCCCCCCCCCC)OC(=O)CCCCCCCCCCCCCCCC)C(O)C(O)C1O. The molecule has 1 saturated carbocycles. The van der Waals surface area contributed by atoms with E-state index in [1.54, 1.807) is 0 Å². The Labute approximate surface area is 593 Å². The molecular weight excluding hydrogens is 1300 g/mol. The molecule has 2 heterocycles. The fraction of sp³-hybridized carbons (Fsp3) is 0.959. The minimum absolute atomic E-state index is 0.0331. The van der Waals surface area contributed by atoms with Crippen molar-refractivity contribution < 1.29 is 117 Å². The van der Waals surface area contributed by atoms with Crippen molar-refractivity contribution in [2.24, 2.45) is 0 Å². The molecule has 2 saturated heterocycles. The van der Waals surface area contributed by atoms with Crippen molar-refractivity contribution in [3.8, 4) is 0 Å². The summed E-state index contributed by atoms with van der Waals surface area (Å²) in [5, 5.41) is 110.